The van der Waals surface area contributed by atoms with Crippen molar-refractivity contribution >= 4 is 5.91 Å². The summed E-state index contributed by atoms with van der Waals surface area (Å²) in [5.74, 6) is 1.34. The van der Waals surface area contributed by atoms with Crippen LogP contribution in [0.2, 0.25) is 0 Å². The second-order valence-corrected chi connectivity index (χ2v) is 4.31. The molecule has 0 radical (unpaired) electrons. The molecule has 0 atom stereocenters. The van der Waals surface area contributed by atoms with Crippen LogP contribution < -0.4 is 19.5 Å². The fraction of sp³-hybridized carbons (Fsp3) is 0.267. The predicted octanol–water partition coefficient (Wildman–Crippen LogP) is 1.43. The number of nitrogens with one attached hydrogen (secondary N) is 1. The molecule has 1 aromatic heterocycles. The molecule has 1 amide bonds. The van der Waals surface area contributed by atoms with E-state index in [0.717, 1.165) is 5.56 Å². The van der Waals surface area contributed by atoms with Gasteiger partial charge in [-0.15, -0.1) is 0 Å². The molecule has 0 bridgehead atoms. The Bertz CT molecular complexity index is 661. The van der Waals surface area contributed by atoms with E-state index in [2.05, 4.69) is 15.3 Å². The lowest BCUT2D eigenvalue weighted by Crippen LogP contribution is -2.24. The first-order valence-corrected chi connectivity index (χ1v) is 6.53. The maximum atomic E-state index is 12.1. The number of carbonyl (C=O) groups is 1. The molecule has 0 unspecified atom stereocenters. The second kappa shape index (κ2) is 7.26. The molecule has 1 N–H and O–H groups in total. The van der Waals surface area contributed by atoms with Crippen molar-refractivity contribution < 1.29 is 19.0 Å². The molecule has 0 aliphatic carbocycles. The zero-order valence-corrected chi connectivity index (χ0v) is 12.6. The molecular weight excluding hydrogens is 286 g/mol. The number of methoxy groups -OCH3 is 3. The van der Waals surface area contributed by atoms with E-state index < -0.39 is 0 Å². The quantitative estimate of drug-likeness (QED) is 0.869. The van der Waals surface area contributed by atoms with Crippen LogP contribution in [0, 0.1) is 0 Å². The third-order valence-electron chi connectivity index (χ3n) is 3.02. The lowest BCUT2D eigenvalue weighted by atomic mass is 10.2. The van der Waals surface area contributed by atoms with Crippen molar-refractivity contribution in [3.63, 3.8) is 0 Å². The Morgan fingerprint density at radius 2 is 1.91 bits per heavy atom. The van der Waals surface area contributed by atoms with Gasteiger partial charge in [0, 0.05) is 24.2 Å². The lowest BCUT2D eigenvalue weighted by molar-refractivity contribution is 0.0945. The van der Waals surface area contributed by atoms with E-state index in [0.29, 0.717) is 23.9 Å². The maximum absolute atomic E-state index is 12.1. The summed E-state index contributed by atoms with van der Waals surface area (Å²) in [6.45, 7) is 0.304. The number of aromatic nitrogens is 2. The monoisotopic (exact) mass is 303 g/mol. The molecule has 1 aromatic carbocycles. The van der Waals surface area contributed by atoms with Crippen molar-refractivity contribution in [2.75, 3.05) is 21.3 Å². The van der Waals surface area contributed by atoms with Crippen LogP contribution in [0.5, 0.6) is 17.4 Å². The number of carbonyl (C=O) groups excluding carboxylic acids is 1. The Labute approximate surface area is 128 Å². The minimum absolute atomic E-state index is 0.235. The van der Waals surface area contributed by atoms with Gasteiger partial charge in [-0.1, -0.05) is 0 Å². The summed E-state index contributed by atoms with van der Waals surface area (Å²) < 4.78 is 15.4. The van der Waals surface area contributed by atoms with Gasteiger partial charge in [-0.05, 0) is 12.1 Å². The van der Waals surface area contributed by atoms with Gasteiger partial charge in [0.05, 0.1) is 21.3 Å². The minimum atomic E-state index is -0.321. The average molecular weight is 303 g/mol. The van der Waals surface area contributed by atoms with Crippen molar-refractivity contribution in [1.29, 1.82) is 0 Å². The van der Waals surface area contributed by atoms with E-state index in [1.54, 1.807) is 26.4 Å². The number of hydrogen-bond acceptors (Lipinski definition) is 6. The molecule has 0 spiro atoms. The van der Waals surface area contributed by atoms with Crippen LogP contribution >= 0.6 is 0 Å². The van der Waals surface area contributed by atoms with Gasteiger partial charge in [0.1, 0.15) is 23.5 Å². The third-order valence-corrected chi connectivity index (χ3v) is 3.02. The van der Waals surface area contributed by atoms with Crippen molar-refractivity contribution in [2.45, 2.75) is 6.54 Å². The molecule has 7 nitrogen and oxygen atoms in total. The highest BCUT2D eigenvalue weighted by molar-refractivity contribution is 5.92. The Hall–Kier alpha value is -2.83. The van der Waals surface area contributed by atoms with Gasteiger partial charge in [-0.3, -0.25) is 4.79 Å². The first-order chi connectivity index (χ1) is 10.7. The van der Waals surface area contributed by atoms with Gasteiger partial charge < -0.3 is 19.5 Å². The molecule has 116 valence electrons. The van der Waals surface area contributed by atoms with Crippen LogP contribution in [0.4, 0.5) is 0 Å². The highest BCUT2D eigenvalue weighted by Crippen LogP contribution is 2.24. The van der Waals surface area contributed by atoms with Crippen molar-refractivity contribution in [1.82, 2.24) is 15.3 Å². The maximum Gasteiger partial charge on any atom is 0.270 e. The Kier molecular flexibility index (Phi) is 5.13. The standard InChI is InChI=1S/C15H17N3O4/c1-20-11-5-4-10(13(6-11)21-2)8-16-15(19)12-7-14(22-3)18-9-17-12/h4-7,9H,8H2,1-3H3,(H,16,19). The molecule has 22 heavy (non-hydrogen) atoms. The summed E-state index contributed by atoms with van der Waals surface area (Å²) in [5.41, 5.74) is 1.07. The fourth-order valence-electron chi connectivity index (χ4n) is 1.84. The smallest absolute Gasteiger partial charge is 0.270 e. The normalized spacial score (nSPS) is 9.95. The van der Waals surface area contributed by atoms with Gasteiger partial charge in [-0.2, -0.15) is 0 Å². The van der Waals surface area contributed by atoms with Crippen LogP contribution in [0.15, 0.2) is 30.6 Å². The molecule has 0 aliphatic rings. The first-order valence-electron chi connectivity index (χ1n) is 6.53. The minimum Gasteiger partial charge on any atom is -0.497 e. The summed E-state index contributed by atoms with van der Waals surface area (Å²) in [7, 11) is 4.63. The Morgan fingerprint density at radius 3 is 2.59 bits per heavy atom. The van der Waals surface area contributed by atoms with Crippen LogP contribution in [-0.4, -0.2) is 37.2 Å². The van der Waals surface area contributed by atoms with Crippen molar-refractivity contribution in [3.8, 4) is 17.4 Å². The molecule has 2 rings (SSSR count). The zero-order chi connectivity index (χ0) is 15.9. The summed E-state index contributed by atoms with van der Waals surface area (Å²) in [4.78, 5) is 19.9. The molecule has 1 heterocycles. The molecule has 0 aliphatic heterocycles. The lowest BCUT2D eigenvalue weighted by Gasteiger charge is -2.11. The van der Waals surface area contributed by atoms with Crippen LogP contribution in [0.1, 0.15) is 16.1 Å². The van der Waals surface area contributed by atoms with E-state index in [9.17, 15) is 4.79 Å². The SMILES string of the molecule is COc1ccc(CNC(=O)c2cc(OC)ncn2)c(OC)c1. The number of hydrogen-bond donors (Lipinski definition) is 1. The van der Waals surface area contributed by atoms with E-state index in [1.807, 2.05) is 6.07 Å². The molecular formula is C15H17N3O4. The van der Waals surface area contributed by atoms with Gasteiger partial charge in [0.15, 0.2) is 0 Å². The number of nitrogens with zero attached hydrogens (tertiary/aromatic N) is 2. The molecule has 2 aromatic rings. The van der Waals surface area contributed by atoms with E-state index in [4.69, 9.17) is 14.2 Å². The van der Waals surface area contributed by atoms with Gasteiger partial charge in [0.25, 0.3) is 5.91 Å². The highest BCUT2D eigenvalue weighted by Gasteiger charge is 2.11. The Morgan fingerprint density at radius 1 is 1.09 bits per heavy atom. The fourth-order valence-corrected chi connectivity index (χ4v) is 1.84. The van der Waals surface area contributed by atoms with Crippen LogP contribution in [0.3, 0.4) is 0 Å². The zero-order valence-electron chi connectivity index (χ0n) is 12.6. The van der Waals surface area contributed by atoms with E-state index in [-0.39, 0.29) is 11.6 Å². The summed E-state index contributed by atoms with van der Waals surface area (Å²) >= 11 is 0. The first kappa shape index (κ1) is 15.6. The number of amides is 1. The third kappa shape index (κ3) is 3.63. The molecule has 7 heteroatoms. The summed E-state index contributed by atoms with van der Waals surface area (Å²) in [6, 6.07) is 6.87. The molecule has 0 saturated heterocycles. The van der Waals surface area contributed by atoms with E-state index in [1.165, 1.54) is 19.5 Å². The second-order valence-electron chi connectivity index (χ2n) is 4.31. The topological polar surface area (TPSA) is 82.6 Å². The Balaban J connectivity index is 2.07. The summed E-state index contributed by atoms with van der Waals surface area (Å²) in [6.07, 6.45) is 1.28. The highest BCUT2D eigenvalue weighted by atomic mass is 16.5. The molecule has 0 fully saturated rings. The summed E-state index contributed by atoms with van der Waals surface area (Å²) in [5, 5.41) is 2.77. The number of ether oxygens (including phenoxy) is 3. The van der Waals surface area contributed by atoms with Crippen LogP contribution in [-0.2, 0) is 6.54 Å². The van der Waals surface area contributed by atoms with Gasteiger partial charge in [0.2, 0.25) is 5.88 Å². The average Bonchev–Trinajstić information content (AvgIpc) is 2.59. The van der Waals surface area contributed by atoms with E-state index >= 15 is 0 Å². The molecule has 0 saturated carbocycles. The largest absolute Gasteiger partial charge is 0.497 e. The number of benzene rings is 1. The van der Waals surface area contributed by atoms with Gasteiger partial charge >= 0.3 is 0 Å². The van der Waals surface area contributed by atoms with Gasteiger partial charge in [-0.25, -0.2) is 9.97 Å². The predicted molar refractivity (Wildman–Crippen MR) is 79.3 cm³/mol. The van der Waals surface area contributed by atoms with Crippen molar-refractivity contribution in [2.24, 2.45) is 0 Å². The van der Waals surface area contributed by atoms with Crippen LogP contribution in [0.25, 0.3) is 0 Å². The van der Waals surface area contributed by atoms with Crippen molar-refractivity contribution in [3.05, 3.63) is 41.9 Å². The number of rotatable bonds is 6.